The molecule has 0 aliphatic heterocycles. The summed E-state index contributed by atoms with van der Waals surface area (Å²) in [5.41, 5.74) is 2.24. The van der Waals surface area contributed by atoms with Gasteiger partial charge in [-0.2, -0.15) is 0 Å². The topological polar surface area (TPSA) is 36.7 Å². The summed E-state index contributed by atoms with van der Waals surface area (Å²) >= 11 is 3.22. The molecule has 0 atom stereocenters. The third-order valence-corrected chi connectivity index (χ3v) is 3.71. The van der Waals surface area contributed by atoms with Gasteiger partial charge in [0, 0.05) is 32.9 Å². The standard InChI is InChI=1S/C16H19BrN2O2/c1-4-19(16(20)14-9-10-15(17)21-14)11-12-5-7-13(8-6-12)18(2)3/h5-10H,4,11H2,1-3H3. The molecule has 21 heavy (non-hydrogen) atoms. The van der Waals surface area contributed by atoms with Gasteiger partial charge < -0.3 is 14.2 Å². The highest BCUT2D eigenvalue weighted by molar-refractivity contribution is 9.10. The van der Waals surface area contributed by atoms with Crippen molar-refractivity contribution in [3.8, 4) is 0 Å². The Labute approximate surface area is 133 Å². The number of amides is 1. The summed E-state index contributed by atoms with van der Waals surface area (Å²) in [6.07, 6.45) is 0. The van der Waals surface area contributed by atoms with Crippen LogP contribution in [0.2, 0.25) is 0 Å². The number of hydrogen-bond donors (Lipinski definition) is 0. The van der Waals surface area contributed by atoms with Crippen molar-refractivity contribution in [1.29, 1.82) is 0 Å². The van der Waals surface area contributed by atoms with E-state index in [-0.39, 0.29) is 5.91 Å². The van der Waals surface area contributed by atoms with Crippen LogP contribution in [-0.4, -0.2) is 31.4 Å². The van der Waals surface area contributed by atoms with Crippen LogP contribution in [0.3, 0.4) is 0 Å². The molecule has 1 heterocycles. The number of carbonyl (C=O) groups excluding carboxylic acids is 1. The quantitative estimate of drug-likeness (QED) is 0.823. The largest absolute Gasteiger partial charge is 0.444 e. The lowest BCUT2D eigenvalue weighted by Crippen LogP contribution is -2.30. The molecule has 0 N–H and O–H groups in total. The van der Waals surface area contributed by atoms with Crippen molar-refractivity contribution >= 4 is 27.5 Å². The van der Waals surface area contributed by atoms with Gasteiger partial charge in [-0.1, -0.05) is 12.1 Å². The molecule has 5 heteroatoms. The highest BCUT2D eigenvalue weighted by Gasteiger charge is 2.18. The minimum atomic E-state index is -0.0973. The Morgan fingerprint density at radius 3 is 2.29 bits per heavy atom. The number of halogens is 1. The molecule has 0 saturated heterocycles. The summed E-state index contributed by atoms with van der Waals surface area (Å²) in [5, 5.41) is 0. The first-order valence-electron chi connectivity index (χ1n) is 6.82. The fourth-order valence-electron chi connectivity index (χ4n) is 2.03. The lowest BCUT2D eigenvalue weighted by atomic mass is 10.2. The third-order valence-electron chi connectivity index (χ3n) is 3.28. The predicted molar refractivity (Wildman–Crippen MR) is 87.6 cm³/mol. The number of nitrogens with zero attached hydrogens (tertiary/aromatic N) is 2. The van der Waals surface area contributed by atoms with Gasteiger partial charge in [-0.25, -0.2) is 0 Å². The van der Waals surface area contributed by atoms with E-state index in [9.17, 15) is 4.79 Å². The molecule has 2 rings (SSSR count). The highest BCUT2D eigenvalue weighted by Crippen LogP contribution is 2.18. The van der Waals surface area contributed by atoms with E-state index in [1.54, 1.807) is 17.0 Å². The van der Waals surface area contributed by atoms with Crippen LogP contribution in [0, 0.1) is 0 Å². The Balaban J connectivity index is 2.10. The lowest BCUT2D eigenvalue weighted by molar-refractivity contribution is 0.0719. The van der Waals surface area contributed by atoms with Crippen molar-refractivity contribution in [1.82, 2.24) is 4.90 Å². The molecule has 2 aromatic rings. The maximum atomic E-state index is 12.4. The zero-order valence-electron chi connectivity index (χ0n) is 12.5. The lowest BCUT2D eigenvalue weighted by Gasteiger charge is -2.20. The number of rotatable bonds is 5. The summed E-state index contributed by atoms with van der Waals surface area (Å²) in [6.45, 7) is 3.16. The number of benzene rings is 1. The van der Waals surface area contributed by atoms with Crippen LogP contribution < -0.4 is 4.90 Å². The third kappa shape index (κ3) is 3.88. The van der Waals surface area contributed by atoms with Crippen molar-refractivity contribution < 1.29 is 9.21 Å². The summed E-state index contributed by atoms with van der Waals surface area (Å²) < 4.78 is 5.90. The smallest absolute Gasteiger partial charge is 0.289 e. The van der Waals surface area contributed by atoms with Gasteiger partial charge in [-0.05, 0) is 52.7 Å². The first-order chi connectivity index (χ1) is 10.0. The molecule has 0 spiro atoms. The van der Waals surface area contributed by atoms with Crippen molar-refractivity contribution in [3.05, 3.63) is 52.4 Å². The molecule has 0 aliphatic carbocycles. The molecule has 1 aromatic carbocycles. The summed E-state index contributed by atoms with van der Waals surface area (Å²) in [5.74, 6) is 0.258. The van der Waals surface area contributed by atoms with Crippen LogP contribution in [0.5, 0.6) is 0 Å². The second kappa shape index (κ2) is 6.80. The van der Waals surface area contributed by atoms with Crippen LogP contribution in [-0.2, 0) is 6.54 Å². The Morgan fingerprint density at radius 2 is 1.81 bits per heavy atom. The molecule has 0 bridgehead atoms. The van der Waals surface area contributed by atoms with E-state index in [4.69, 9.17) is 4.42 Å². The first kappa shape index (κ1) is 15.6. The predicted octanol–water partition coefficient (Wildman–Crippen LogP) is 3.77. The van der Waals surface area contributed by atoms with Gasteiger partial charge in [-0.15, -0.1) is 0 Å². The van der Waals surface area contributed by atoms with Crippen molar-refractivity contribution in [2.45, 2.75) is 13.5 Å². The van der Waals surface area contributed by atoms with E-state index in [1.807, 2.05) is 38.1 Å². The number of hydrogen-bond acceptors (Lipinski definition) is 3. The van der Waals surface area contributed by atoms with Gasteiger partial charge in [0.2, 0.25) is 0 Å². The van der Waals surface area contributed by atoms with Crippen LogP contribution in [0.15, 0.2) is 45.5 Å². The van der Waals surface area contributed by atoms with E-state index in [1.165, 1.54) is 0 Å². The summed E-state index contributed by atoms with van der Waals surface area (Å²) in [6, 6.07) is 11.6. The van der Waals surface area contributed by atoms with Gasteiger partial charge in [0.1, 0.15) is 0 Å². The van der Waals surface area contributed by atoms with Crippen molar-refractivity contribution in [2.75, 3.05) is 25.5 Å². The zero-order valence-corrected chi connectivity index (χ0v) is 14.1. The molecule has 0 fully saturated rings. The van der Waals surface area contributed by atoms with E-state index in [0.717, 1.165) is 11.3 Å². The first-order valence-corrected chi connectivity index (χ1v) is 7.61. The molecule has 4 nitrogen and oxygen atoms in total. The fraction of sp³-hybridized carbons (Fsp3) is 0.312. The minimum absolute atomic E-state index is 0.0973. The monoisotopic (exact) mass is 350 g/mol. The fourth-order valence-corrected chi connectivity index (χ4v) is 2.34. The van der Waals surface area contributed by atoms with Gasteiger partial charge in [0.05, 0.1) is 0 Å². The Kier molecular flexibility index (Phi) is 5.07. The highest BCUT2D eigenvalue weighted by atomic mass is 79.9. The molecular formula is C16H19BrN2O2. The molecule has 1 aromatic heterocycles. The summed E-state index contributed by atoms with van der Waals surface area (Å²) in [7, 11) is 4.01. The maximum absolute atomic E-state index is 12.4. The number of furan rings is 1. The molecule has 0 saturated carbocycles. The molecule has 112 valence electrons. The SMILES string of the molecule is CCN(Cc1ccc(N(C)C)cc1)C(=O)c1ccc(Br)o1. The van der Waals surface area contributed by atoms with Crippen LogP contribution in [0.25, 0.3) is 0 Å². The molecule has 0 aliphatic rings. The Bertz CT molecular complexity index is 605. The average molecular weight is 351 g/mol. The van der Waals surface area contributed by atoms with Crippen molar-refractivity contribution in [2.24, 2.45) is 0 Å². The second-order valence-corrected chi connectivity index (χ2v) is 5.77. The Hall–Kier alpha value is -1.75. The zero-order chi connectivity index (χ0) is 15.4. The minimum Gasteiger partial charge on any atom is -0.444 e. The van der Waals surface area contributed by atoms with Gasteiger partial charge in [-0.3, -0.25) is 4.79 Å². The van der Waals surface area contributed by atoms with Crippen LogP contribution >= 0.6 is 15.9 Å². The molecule has 0 unspecified atom stereocenters. The van der Waals surface area contributed by atoms with Crippen molar-refractivity contribution in [3.63, 3.8) is 0 Å². The Morgan fingerprint density at radius 1 is 1.14 bits per heavy atom. The summed E-state index contributed by atoms with van der Waals surface area (Å²) in [4.78, 5) is 16.2. The number of anilines is 1. The van der Waals surface area contributed by atoms with Crippen LogP contribution in [0.4, 0.5) is 5.69 Å². The average Bonchev–Trinajstić information content (AvgIpc) is 2.91. The van der Waals surface area contributed by atoms with Crippen LogP contribution in [0.1, 0.15) is 23.0 Å². The van der Waals surface area contributed by atoms with E-state index >= 15 is 0 Å². The van der Waals surface area contributed by atoms with Gasteiger partial charge in [0.15, 0.2) is 10.4 Å². The molecule has 0 radical (unpaired) electrons. The van der Waals surface area contributed by atoms with Gasteiger partial charge in [0.25, 0.3) is 5.91 Å². The second-order valence-electron chi connectivity index (χ2n) is 4.98. The normalized spacial score (nSPS) is 10.5. The van der Waals surface area contributed by atoms with E-state index in [0.29, 0.717) is 23.5 Å². The van der Waals surface area contributed by atoms with E-state index in [2.05, 4.69) is 28.1 Å². The molecular weight excluding hydrogens is 332 g/mol. The maximum Gasteiger partial charge on any atom is 0.289 e. The van der Waals surface area contributed by atoms with Gasteiger partial charge >= 0.3 is 0 Å². The molecule has 1 amide bonds. The number of carbonyl (C=O) groups is 1. The van der Waals surface area contributed by atoms with E-state index < -0.39 is 0 Å².